The molecule has 7 heteroatoms. The van der Waals surface area contributed by atoms with Crippen molar-refractivity contribution in [2.75, 3.05) is 6.54 Å². The van der Waals surface area contributed by atoms with Gasteiger partial charge in [0.25, 0.3) is 11.6 Å². The molecule has 1 heterocycles. The summed E-state index contributed by atoms with van der Waals surface area (Å²) in [6.45, 7) is 4.08. The van der Waals surface area contributed by atoms with E-state index in [1.807, 2.05) is 6.92 Å². The fraction of sp³-hybridized carbons (Fsp3) is 0.400. The highest BCUT2D eigenvalue weighted by Gasteiger charge is 2.16. The number of fused-ring (bicyclic) bond motifs is 1. The molecule has 0 spiro atoms. The maximum Gasteiger partial charge on any atom is 0.270 e. The molecular formula is C15H19N3O4. The Labute approximate surface area is 127 Å². The van der Waals surface area contributed by atoms with E-state index >= 15 is 0 Å². The third kappa shape index (κ3) is 3.62. The Morgan fingerprint density at radius 2 is 2.18 bits per heavy atom. The van der Waals surface area contributed by atoms with Crippen molar-refractivity contribution >= 4 is 22.5 Å². The SMILES string of the molecule is CC(O)CC(C)CNC(=O)c1c[nH]c2ccc([N+](=O)[O-])cc12. The minimum absolute atomic E-state index is 0.0522. The summed E-state index contributed by atoms with van der Waals surface area (Å²) in [6, 6.07) is 4.37. The van der Waals surface area contributed by atoms with Crippen molar-refractivity contribution in [3.05, 3.63) is 40.1 Å². The van der Waals surface area contributed by atoms with Crippen LogP contribution in [0.5, 0.6) is 0 Å². The first-order valence-corrected chi connectivity index (χ1v) is 7.10. The number of non-ortho nitro benzene ring substituents is 1. The van der Waals surface area contributed by atoms with E-state index in [0.717, 1.165) is 0 Å². The molecule has 1 aromatic heterocycles. The smallest absolute Gasteiger partial charge is 0.270 e. The predicted molar refractivity (Wildman–Crippen MR) is 82.7 cm³/mol. The van der Waals surface area contributed by atoms with Gasteiger partial charge in [0.15, 0.2) is 0 Å². The van der Waals surface area contributed by atoms with Gasteiger partial charge in [-0.25, -0.2) is 0 Å². The van der Waals surface area contributed by atoms with Gasteiger partial charge in [0.2, 0.25) is 0 Å². The third-order valence-electron chi connectivity index (χ3n) is 3.48. The average Bonchev–Trinajstić information content (AvgIpc) is 2.86. The molecule has 0 aliphatic heterocycles. The molecule has 1 aromatic carbocycles. The standard InChI is InChI=1S/C15H19N3O4/c1-9(5-10(2)19)7-17-15(20)13-8-16-14-4-3-11(18(21)22)6-12(13)14/h3-4,6,8-10,16,19H,5,7H2,1-2H3,(H,17,20). The van der Waals surface area contributed by atoms with Crippen LogP contribution in [0.25, 0.3) is 10.9 Å². The first kappa shape index (κ1) is 16.0. The molecule has 2 unspecified atom stereocenters. The molecule has 1 amide bonds. The van der Waals surface area contributed by atoms with Crippen molar-refractivity contribution in [1.29, 1.82) is 0 Å². The Morgan fingerprint density at radius 1 is 1.45 bits per heavy atom. The molecule has 22 heavy (non-hydrogen) atoms. The van der Waals surface area contributed by atoms with Crippen molar-refractivity contribution in [3.8, 4) is 0 Å². The van der Waals surface area contributed by atoms with E-state index in [1.54, 1.807) is 19.2 Å². The molecule has 118 valence electrons. The van der Waals surface area contributed by atoms with Crippen LogP contribution in [0.4, 0.5) is 5.69 Å². The number of aromatic nitrogens is 1. The van der Waals surface area contributed by atoms with Crippen molar-refractivity contribution in [2.24, 2.45) is 5.92 Å². The molecule has 0 saturated heterocycles. The number of nitro benzene ring substituents is 1. The first-order valence-electron chi connectivity index (χ1n) is 7.10. The summed E-state index contributed by atoms with van der Waals surface area (Å²) >= 11 is 0. The number of hydrogen-bond donors (Lipinski definition) is 3. The van der Waals surface area contributed by atoms with Gasteiger partial charge in [-0.2, -0.15) is 0 Å². The van der Waals surface area contributed by atoms with Crippen LogP contribution < -0.4 is 5.32 Å². The molecule has 0 bridgehead atoms. The average molecular weight is 305 g/mol. The molecule has 0 aliphatic carbocycles. The van der Waals surface area contributed by atoms with Crippen LogP contribution in [0.3, 0.4) is 0 Å². The lowest BCUT2D eigenvalue weighted by Gasteiger charge is -2.13. The summed E-state index contributed by atoms with van der Waals surface area (Å²) in [5, 5.41) is 23.5. The van der Waals surface area contributed by atoms with Crippen LogP contribution in [0, 0.1) is 16.0 Å². The summed E-state index contributed by atoms with van der Waals surface area (Å²) < 4.78 is 0. The molecule has 2 rings (SSSR count). The van der Waals surface area contributed by atoms with Crippen LogP contribution in [0.15, 0.2) is 24.4 Å². The number of carbonyl (C=O) groups is 1. The summed E-state index contributed by atoms with van der Waals surface area (Å²) in [5.41, 5.74) is 0.999. The minimum Gasteiger partial charge on any atom is -0.393 e. The Hall–Kier alpha value is -2.41. The number of amides is 1. The van der Waals surface area contributed by atoms with Crippen LogP contribution in [0.2, 0.25) is 0 Å². The quantitative estimate of drug-likeness (QED) is 0.561. The van der Waals surface area contributed by atoms with Crippen molar-refractivity contribution in [2.45, 2.75) is 26.4 Å². The zero-order chi connectivity index (χ0) is 16.3. The Bertz CT molecular complexity index is 693. The van der Waals surface area contributed by atoms with Crippen molar-refractivity contribution in [1.82, 2.24) is 10.3 Å². The molecule has 0 aliphatic rings. The van der Waals surface area contributed by atoms with Gasteiger partial charge in [-0.3, -0.25) is 14.9 Å². The van der Waals surface area contributed by atoms with E-state index in [-0.39, 0.29) is 17.5 Å². The highest BCUT2D eigenvalue weighted by molar-refractivity contribution is 6.07. The van der Waals surface area contributed by atoms with E-state index in [4.69, 9.17) is 0 Å². The molecule has 7 nitrogen and oxygen atoms in total. The minimum atomic E-state index is -0.487. The molecule has 0 saturated carbocycles. The Kier molecular flexibility index (Phi) is 4.77. The number of nitrogens with zero attached hydrogens (tertiary/aromatic N) is 1. The molecule has 2 atom stereocenters. The lowest BCUT2D eigenvalue weighted by Crippen LogP contribution is -2.29. The second kappa shape index (κ2) is 6.57. The largest absolute Gasteiger partial charge is 0.393 e. The van der Waals surface area contributed by atoms with Gasteiger partial charge in [-0.05, 0) is 25.3 Å². The van der Waals surface area contributed by atoms with E-state index in [0.29, 0.717) is 29.4 Å². The first-order chi connectivity index (χ1) is 10.4. The highest BCUT2D eigenvalue weighted by Crippen LogP contribution is 2.23. The number of rotatable bonds is 6. The Morgan fingerprint density at radius 3 is 2.82 bits per heavy atom. The molecule has 2 aromatic rings. The second-order valence-electron chi connectivity index (χ2n) is 5.59. The zero-order valence-electron chi connectivity index (χ0n) is 12.5. The van der Waals surface area contributed by atoms with Gasteiger partial charge >= 0.3 is 0 Å². The maximum absolute atomic E-state index is 12.2. The van der Waals surface area contributed by atoms with Crippen LogP contribution in [-0.4, -0.2) is 33.6 Å². The monoisotopic (exact) mass is 305 g/mol. The van der Waals surface area contributed by atoms with E-state index in [1.165, 1.54) is 12.1 Å². The van der Waals surface area contributed by atoms with E-state index in [9.17, 15) is 20.0 Å². The van der Waals surface area contributed by atoms with Gasteiger partial charge in [0.1, 0.15) is 0 Å². The number of aliphatic hydroxyl groups excluding tert-OH is 1. The molecule has 0 radical (unpaired) electrons. The van der Waals surface area contributed by atoms with Crippen molar-refractivity contribution in [3.63, 3.8) is 0 Å². The maximum atomic E-state index is 12.2. The summed E-state index contributed by atoms with van der Waals surface area (Å²) in [4.78, 5) is 25.5. The third-order valence-corrected chi connectivity index (χ3v) is 3.48. The van der Waals surface area contributed by atoms with Gasteiger partial charge in [-0.1, -0.05) is 6.92 Å². The van der Waals surface area contributed by atoms with E-state index in [2.05, 4.69) is 10.3 Å². The van der Waals surface area contributed by atoms with Crippen LogP contribution in [0.1, 0.15) is 30.6 Å². The summed E-state index contributed by atoms with van der Waals surface area (Å²) in [7, 11) is 0. The predicted octanol–water partition coefficient (Wildman–Crippen LogP) is 2.21. The van der Waals surface area contributed by atoms with Gasteiger partial charge in [-0.15, -0.1) is 0 Å². The number of benzene rings is 1. The Balaban J connectivity index is 2.14. The number of carbonyl (C=O) groups excluding carboxylic acids is 1. The number of aliphatic hydroxyl groups is 1. The fourth-order valence-electron chi connectivity index (χ4n) is 2.44. The van der Waals surface area contributed by atoms with Crippen LogP contribution >= 0.6 is 0 Å². The molecule has 3 N–H and O–H groups in total. The normalized spacial score (nSPS) is 13.8. The zero-order valence-corrected chi connectivity index (χ0v) is 12.5. The lowest BCUT2D eigenvalue weighted by molar-refractivity contribution is -0.384. The number of aromatic amines is 1. The van der Waals surface area contributed by atoms with Gasteiger partial charge < -0.3 is 15.4 Å². The van der Waals surface area contributed by atoms with Crippen LogP contribution in [-0.2, 0) is 0 Å². The van der Waals surface area contributed by atoms with Gasteiger partial charge in [0, 0.05) is 35.8 Å². The number of H-pyrrole nitrogens is 1. The van der Waals surface area contributed by atoms with Gasteiger partial charge in [0.05, 0.1) is 16.6 Å². The fourth-order valence-corrected chi connectivity index (χ4v) is 2.44. The second-order valence-corrected chi connectivity index (χ2v) is 5.59. The highest BCUT2D eigenvalue weighted by atomic mass is 16.6. The topological polar surface area (TPSA) is 108 Å². The number of nitrogens with one attached hydrogen (secondary N) is 2. The van der Waals surface area contributed by atoms with Crippen molar-refractivity contribution < 1.29 is 14.8 Å². The van der Waals surface area contributed by atoms with E-state index < -0.39 is 11.0 Å². The molecule has 0 fully saturated rings. The molecular weight excluding hydrogens is 286 g/mol. The lowest BCUT2D eigenvalue weighted by atomic mass is 10.0. The summed E-state index contributed by atoms with van der Waals surface area (Å²) in [6.07, 6.45) is 1.73. The number of nitro groups is 1. The number of hydrogen-bond acceptors (Lipinski definition) is 4. The summed E-state index contributed by atoms with van der Waals surface area (Å²) in [5.74, 6) is -0.146.